The first-order valence-electron chi connectivity index (χ1n) is 7.12. The second-order valence-corrected chi connectivity index (χ2v) is 5.32. The van der Waals surface area contributed by atoms with Crippen LogP contribution in [0.15, 0.2) is 42.5 Å². The van der Waals surface area contributed by atoms with Gasteiger partial charge in [0.2, 0.25) is 0 Å². The molecule has 0 saturated heterocycles. The predicted molar refractivity (Wildman–Crippen MR) is 97.2 cm³/mol. The maximum atomic E-state index is 10.7. The number of anilines is 2. The van der Waals surface area contributed by atoms with Gasteiger partial charge in [0.15, 0.2) is 5.11 Å². The molecule has 0 radical (unpaired) electrons. The standard InChI is InChI=1S/C17H18N2O4S/c1-22-13-7-8-15(23-2)14(10-13)19-17(24)18-12-5-3-11(4-6-12)9-16(20)21/h3-8,10H,9H2,1-2H3,(H,20,21)(H2,18,19,24). The first kappa shape index (κ1) is 17.6. The van der Waals surface area contributed by atoms with Crippen molar-refractivity contribution in [2.75, 3.05) is 24.9 Å². The maximum absolute atomic E-state index is 10.7. The van der Waals surface area contributed by atoms with E-state index in [-0.39, 0.29) is 6.42 Å². The van der Waals surface area contributed by atoms with E-state index in [1.165, 1.54) is 0 Å². The molecule has 0 aromatic heterocycles. The van der Waals surface area contributed by atoms with E-state index >= 15 is 0 Å². The summed E-state index contributed by atoms with van der Waals surface area (Å²) in [5.41, 5.74) is 2.15. The molecule has 7 heteroatoms. The van der Waals surface area contributed by atoms with Crippen LogP contribution in [0.1, 0.15) is 5.56 Å². The molecule has 0 bridgehead atoms. The van der Waals surface area contributed by atoms with E-state index in [0.717, 1.165) is 11.3 Å². The topological polar surface area (TPSA) is 79.8 Å². The van der Waals surface area contributed by atoms with Gasteiger partial charge in [-0.15, -0.1) is 0 Å². The Labute approximate surface area is 145 Å². The van der Waals surface area contributed by atoms with E-state index in [4.69, 9.17) is 26.8 Å². The van der Waals surface area contributed by atoms with Crippen LogP contribution in [-0.4, -0.2) is 30.4 Å². The van der Waals surface area contributed by atoms with Gasteiger partial charge >= 0.3 is 5.97 Å². The summed E-state index contributed by atoms with van der Waals surface area (Å²) in [4.78, 5) is 10.7. The molecular formula is C17H18N2O4S. The Bertz CT molecular complexity index is 732. The molecule has 2 aromatic carbocycles. The molecule has 0 spiro atoms. The summed E-state index contributed by atoms with van der Waals surface area (Å²) in [5, 5.41) is 15.2. The zero-order valence-electron chi connectivity index (χ0n) is 13.3. The summed E-state index contributed by atoms with van der Waals surface area (Å²) in [5.74, 6) is 0.453. The number of benzene rings is 2. The molecule has 0 aliphatic carbocycles. The Morgan fingerprint density at radius 1 is 1.08 bits per heavy atom. The molecule has 2 aromatic rings. The molecule has 0 saturated carbocycles. The van der Waals surface area contributed by atoms with Crippen LogP contribution >= 0.6 is 12.2 Å². The van der Waals surface area contributed by atoms with Crippen LogP contribution in [0.25, 0.3) is 0 Å². The van der Waals surface area contributed by atoms with E-state index in [2.05, 4.69) is 10.6 Å². The van der Waals surface area contributed by atoms with Gasteiger partial charge in [0, 0.05) is 11.8 Å². The smallest absolute Gasteiger partial charge is 0.307 e. The van der Waals surface area contributed by atoms with Crippen LogP contribution < -0.4 is 20.1 Å². The highest BCUT2D eigenvalue weighted by atomic mass is 32.1. The quantitative estimate of drug-likeness (QED) is 0.693. The minimum atomic E-state index is -0.863. The third-order valence-electron chi connectivity index (χ3n) is 3.22. The fraction of sp³-hybridized carbons (Fsp3) is 0.176. The Kier molecular flexibility index (Phi) is 5.97. The third-order valence-corrected chi connectivity index (χ3v) is 3.43. The van der Waals surface area contributed by atoms with Crippen LogP contribution in [0.2, 0.25) is 0 Å². The van der Waals surface area contributed by atoms with Crippen molar-refractivity contribution in [2.24, 2.45) is 0 Å². The number of hydrogen-bond donors (Lipinski definition) is 3. The van der Waals surface area contributed by atoms with Gasteiger partial charge in [-0.1, -0.05) is 12.1 Å². The summed E-state index contributed by atoms with van der Waals surface area (Å²) in [6.45, 7) is 0. The van der Waals surface area contributed by atoms with E-state index in [9.17, 15) is 4.79 Å². The summed E-state index contributed by atoms with van der Waals surface area (Å²) in [6, 6.07) is 12.4. The second kappa shape index (κ2) is 8.16. The second-order valence-electron chi connectivity index (χ2n) is 4.91. The summed E-state index contributed by atoms with van der Waals surface area (Å²) in [6.07, 6.45) is -0.00994. The molecule has 3 N–H and O–H groups in total. The summed E-state index contributed by atoms with van der Waals surface area (Å²) < 4.78 is 10.5. The number of hydrogen-bond acceptors (Lipinski definition) is 4. The number of carboxylic acids is 1. The normalized spacial score (nSPS) is 9.92. The summed E-state index contributed by atoms with van der Waals surface area (Å²) in [7, 11) is 3.16. The van der Waals surface area contributed by atoms with Gasteiger partial charge < -0.3 is 25.2 Å². The van der Waals surface area contributed by atoms with Crippen LogP contribution in [0, 0.1) is 0 Å². The highest BCUT2D eigenvalue weighted by molar-refractivity contribution is 7.80. The lowest BCUT2D eigenvalue weighted by atomic mass is 10.1. The first-order valence-corrected chi connectivity index (χ1v) is 7.53. The average molecular weight is 346 g/mol. The Balaban J connectivity index is 2.04. The van der Waals surface area contributed by atoms with Crippen molar-refractivity contribution in [3.8, 4) is 11.5 Å². The molecule has 6 nitrogen and oxygen atoms in total. The van der Waals surface area contributed by atoms with E-state index in [1.807, 2.05) is 0 Å². The number of rotatable bonds is 6. The number of ether oxygens (including phenoxy) is 2. The molecule has 2 rings (SSSR count). The van der Waals surface area contributed by atoms with E-state index in [1.54, 1.807) is 56.7 Å². The van der Waals surface area contributed by atoms with Gasteiger partial charge in [-0.3, -0.25) is 4.79 Å². The minimum Gasteiger partial charge on any atom is -0.497 e. The van der Waals surface area contributed by atoms with Gasteiger partial charge in [-0.25, -0.2) is 0 Å². The molecule has 0 unspecified atom stereocenters. The molecule has 24 heavy (non-hydrogen) atoms. The van der Waals surface area contributed by atoms with Crippen molar-refractivity contribution < 1.29 is 19.4 Å². The van der Waals surface area contributed by atoms with Gasteiger partial charge in [0.05, 0.1) is 26.3 Å². The zero-order chi connectivity index (χ0) is 17.5. The van der Waals surface area contributed by atoms with Crippen molar-refractivity contribution >= 4 is 34.7 Å². The average Bonchev–Trinajstić information content (AvgIpc) is 2.56. The van der Waals surface area contributed by atoms with E-state index in [0.29, 0.717) is 22.3 Å². The largest absolute Gasteiger partial charge is 0.497 e. The van der Waals surface area contributed by atoms with Gasteiger partial charge in [-0.05, 0) is 42.0 Å². The highest BCUT2D eigenvalue weighted by Crippen LogP contribution is 2.29. The third kappa shape index (κ3) is 4.85. The van der Waals surface area contributed by atoms with Crippen LogP contribution in [-0.2, 0) is 11.2 Å². The maximum Gasteiger partial charge on any atom is 0.307 e. The number of methoxy groups -OCH3 is 2. The Morgan fingerprint density at radius 3 is 2.38 bits per heavy atom. The van der Waals surface area contributed by atoms with Crippen molar-refractivity contribution in [1.82, 2.24) is 0 Å². The van der Waals surface area contributed by atoms with Gasteiger partial charge in [0.1, 0.15) is 11.5 Å². The predicted octanol–water partition coefficient (Wildman–Crippen LogP) is 3.14. The SMILES string of the molecule is COc1ccc(OC)c(NC(=S)Nc2ccc(CC(=O)O)cc2)c1. The fourth-order valence-corrected chi connectivity index (χ4v) is 2.30. The van der Waals surface area contributed by atoms with Crippen LogP contribution in [0.5, 0.6) is 11.5 Å². The zero-order valence-corrected chi connectivity index (χ0v) is 14.1. The van der Waals surface area contributed by atoms with Gasteiger partial charge in [-0.2, -0.15) is 0 Å². The van der Waals surface area contributed by atoms with Crippen molar-refractivity contribution in [3.63, 3.8) is 0 Å². The summed E-state index contributed by atoms with van der Waals surface area (Å²) >= 11 is 5.30. The Morgan fingerprint density at radius 2 is 1.79 bits per heavy atom. The van der Waals surface area contributed by atoms with E-state index < -0.39 is 5.97 Å². The number of carbonyl (C=O) groups is 1. The molecule has 0 fully saturated rings. The molecule has 0 atom stereocenters. The number of aliphatic carboxylic acids is 1. The molecule has 0 amide bonds. The van der Waals surface area contributed by atoms with Gasteiger partial charge in [0.25, 0.3) is 0 Å². The van der Waals surface area contributed by atoms with Crippen molar-refractivity contribution in [1.29, 1.82) is 0 Å². The van der Waals surface area contributed by atoms with Crippen molar-refractivity contribution in [2.45, 2.75) is 6.42 Å². The molecule has 0 aliphatic heterocycles. The van der Waals surface area contributed by atoms with Crippen LogP contribution in [0.4, 0.5) is 11.4 Å². The molecular weight excluding hydrogens is 328 g/mol. The lowest BCUT2D eigenvalue weighted by molar-refractivity contribution is -0.136. The number of carboxylic acid groups (broad SMARTS) is 1. The fourth-order valence-electron chi connectivity index (χ4n) is 2.08. The molecule has 0 aliphatic rings. The lowest BCUT2D eigenvalue weighted by Crippen LogP contribution is -2.19. The lowest BCUT2D eigenvalue weighted by Gasteiger charge is -2.14. The van der Waals surface area contributed by atoms with Crippen molar-refractivity contribution in [3.05, 3.63) is 48.0 Å². The number of nitrogens with one attached hydrogen (secondary N) is 2. The molecule has 0 heterocycles. The first-order chi connectivity index (χ1) is 11.5. The number of thiocarbonyl (C=S) groups is 1. The Hall–Kier alpha value is -2.80. The minimum absolute atomic E-state index is 0.00994. The highest BCUT2D eigenvalue weighted by Gasteiger charge is 2.07. The molecule has 126 valence electrons. The van der Waals surface area contributed by atoms with Crippen LogP contribution in [0.3, 0.4) is 0 Å². The monoisotopic (exact) mass is 346 g/mol.